The number of methoxy groups -OCH3 is 1. The SMILES string of the molecule is COc1cc(C)c(F)c(C2CNCCO2)c1. The quantitative estimate of drug-likeness (QED) is 0.832. The number of aryl methyl sites for hydroxylation is 1. The summed E-state index contributed by atoms with van der Waals surface area (Å²) >= 11 is 0. The Labute approximate surface area is 94.6 Å². The molecule has 0 amide bonds. The molecule has 1 heterocycles. The number of hydrogen-bond donors (Lipinski definition) is 1. The number of nitrogens with one attached hydrogen (secondary N) is 1. The zero-order valence-corrected chi connectivity index (χ0v) is 9.55. The van der Waals surface area contributed by atoms with Crippen molar-refractivity contribution in [2.45, 2.75) is 13.0 Å². The topological polar surface area (TPSA) is 30.5 Å². The summed E-state index contributed by atoms with van der Waals surface area (Å²) in [6.07, 6.45) is -0.220. The van der Waals surface area contributed by atoms with Gasteiger partial charge < -0.3 is 14.8 Å². The van der Waals surface area contributed by atoms with Gasteiger partial charge >= 0.3 is 0 Å². The summed E-state index contributed by atoms with van der Waals surface area (Å²) in [5, 5.41) is 3.18. The van der Waals surface area contributed by atoms with Crippen LogP contribution in [0, 0.1) is 12.7 Å². The molecule has 88 valence electrons. The minimum atomic E-state index is -0.220. The first kappa shape index (κ1) is 11.4. The molecule has 1 N–H and O–H groups in total. The molecular formula is C12H16FNO2. The number of rotatable bonds is 2. The highest BCUT2D eigenvalue weighted by Crippen LogP contribution is 2.28. The van der Waals surface area contributed by atoms with Crippen LogP contribution in [-0.2, 0) is 4.74 Å². The zero-order chi connectivity index (χ0) is 11.5. The third-order valence-electron chi connectivity index (χ3n) is 2.77. The molecule has 0 aromatic heterocycles. The fraction of sp³-hybridized carbons (Fsp3) is 0.500. The van der Waals surface area contributed by atoms with Gasteiger partial charge in [-0.3, -0.25) is 0 Å². The molecule has 1 aromatic rings. The van der Waals surface area contributed by atoms with Crippen LogP contribution in [0.4, 0.5) is 4.39 Å². The lowest BCUT2D eigenvalue weighted by atomic mass is 10.0. The zero-order valence-electron chi connectivity index (χ0n) is 9.55. The van der Waals surface area contributed by atoms with E-state index in [4.69, 9.17) is 9.47 Å². The minimum Gasteiger partial charge on any atom is -0.497 e. The fourth-order valence-electron chi connectivity index (χ4n) is 1.88. The molecule has 0 spiro atoms. The van der Waals surface area contributed by atoms with E-state index in [9.17, 15) is 4.39 Å². The van der Waals surface area contributed by atoms with Crippen LogP contribution in [0.15, 0.2) is 12.1 Å². The summed E-state index contributed by atoms with van der Waals surface area (Å²) in [5.41, 5.74) is 1.16. The molecule has 1 aromatic carbocycles. The second kappa shape index (κ2) is 4.80. The normalized spacial score (nSPS) is 20.8. The van der Waals surface area contributed by atoms with Crippen molar-refractivity contribution < 1.29 is 13.9 Å². The van der Waals surface area contributed by atoms with Gasteiger partial charge in [0.2, 0.25) is 0 Å². The van der Waals surface area contributed by atoms with Crippen molar-refractivity contribution in [2.75, 3.05) is 26.8 Å². The predicted molar refractivity (Wildman–Crippen MR) is 59.3 cm³/mol. The molecule has 16 heavy (non-hydrogen) atoms. The van der Waals surface area contributed by atoms with Crippen molar-refractivity contribution in [1.82, 2.24) is 5.32 Å². The molecule has 1 aliphatic heterocycles. The molecule has 1 aliphatic rings. The van der Waals surface area contributed by atoms with E-state index < -0.39 is 0 Å². The van der Waals surface area contributed by atoms with Crippen LogP contribution in [0.3, 0.4) is 0 Å². The third kappa shape index (κ3) is 2.18. The first-order valence-corrected chi connectivity index (χ1v) is 5.38. The van der Waals surface area contributed by atoms with E-state index in [2.05, 4.69) is 5.32 Å². The Kier molecular flexibility index (Phi) is 3.41. The van der Waals surface area contributed by atoms with Gasteiger partial charge in [0.1, 0.15) is 11.6 Å². The molecule has 3 nitrogen and oxygen atoms in total. The lowest BCUT2D eigenvalue weighted by molar-refractivity contribution is 0.0253. The van der Waals surface area contributed by atoms with E-state index in [0.717, 1.165) is 6.54 Å². The van der Waals surface area contributed by atoms with E-state index in [1.54, 1.807) is 26.2 Å². The molecule has 0 saturated carbocycles. The van der Waals surface area contributed by atoms with Gasteiger partial charge in [-0.2, -0.15) is 0 Å². The van der Waals surface area contributed by atoms with Gasteiger partial charge in [0.25, 0.3) is 0 Å². The van der Waals surface area contributed by atoms with Crippen molar-refractivity contribution in [3.05, 3.63) is 29.1 Å². The maximum absolute atomic E-state index is 13.9. The average Bonchev–Trinajstić information content (AvgIpc) is 2.33. The molecule has 1 fully saturated rings. The van der Waals surface area contributed by atoms with Crippen molar-refractivity contribution in [3.8, 4) is 5.75 Å². The van der Waals surface area contributed by atoms with E-state index in [0.29, 0.717) is 30.0 Å². The molecular weight excluding hydrogens is 209 g/mol. The smallest absolute Gasteiger partial charge is 0.132 e. The number of morpholine rings is 1. The predicted octanol–water partition coefficient (Wildman–Crippen LogP) is 1.80. The second-order valence-electron chi connectivity index (χ2n) is 3.91. The number of halogens is 1. The maximum Gasteiger partial charge on any atom is 0.132 e. The largest absolute Gasteiger partial charge is 0.497 e. The Morgan fingerprint density at radius 3 is 2.94 bits per heavy atom. The Balaban J connectivity index is 2.33. The monoisotopic (exact) mass is 225 g/mol. The fourth-order valence-corrected chi connectivity index (χ4v) is 1.88. The maximum atomic E-state index is 13.9. The summed E-state index contributed by atoms with van der Waals surface area (Å²) in [7, 11) is 1.58. The van der Waals surface area contributed by atoms with E-state index in [-0.39, 0.29) is 11.9 Å². The summed E-state index contributed by atoms with van der Waals surface area (Å²) in [6.45, 7) is 3.81. The van der Waals surface area contributed by atoms with Crippen LogP contribution in [0.25, 0.3) is 0 Å². The highest BCUT2D eigenvalue weighted by molar-refractivity contribution is 5.36. The first-order chi connectivity index (χ1) is 7.72. The Bertz CT molecular complexity index is 376. The highest BCUT2D eigenvalue weighted by Gasteiger charge is 2.21. The lowest BCUT2D eigenvalue weighted by Crippen LogP contribution is -2.33. The molecule has 0 aliphatic carbocycles. The van der Waals surface area contributed by atoms with Gasteiger partial charge in [-0.1, -0.05) is 0 Å². The molecule has 0 radical (unpaired) electrons. The third-order valence-corrected chi connectivity index (χ3v) is 2.77. The Morgan fingerprint density at radius 2 is 2.31 bits per heavy atom. The average molecular weight is 225 g/mol. The molecule has 0 bridgehead atoms. The molecule has 4 heteroatoms. The lowest BCUT2D eigenvalue weighted by Gasteiger charge is -2.25. The molecule has 1 atom stereocenters. The molecule has 1 unspecified atom stereocenters. The van der Waals surface area contributed by atoms with Gasteiger partial charge in [-0.15, -0.1) is 0 Å². The van der Waals surface area contributed by atoms with Gasteiger partial charge in [0.05, 0.1) is 19.8 Å². The summed E-state index contributed by atoms with van der Waals surface area (Å²) in [5.74, 6) is 0.470. The minimum absolute atomic E-state index is 0.200. The van der Waals surface area contributed by atoms with Crippen LogP contribution < -0.4 is 10.1 Å². The van der Waals surface area contributed by atoms with Crippen LogP contribution in [-0.4, -0.2) is 26.8 Å². The molecule has 2 rings (SSSR count). The van der Waals surface area contributed by atoms with Crippen LogP contribution in [0.2, 0.25) is 0 Å². The van der Waals surface area contributed by atoms with Crippen LogP contribution >= 0.6 is 0 Å². The van der Waals surface area contributed by atoms with Crippen molar-refractivity contribution >= 4 is 0 Å². The number of hydrogen-bond acceptors (Lipinski definition) is 3. The summed E-state index contributed by atoms with van der Waals surface area (Å²) < 4.78 is 24.6. The standard InChI is InChI=1S/C12H16FNO2/c1-8-5-9(15-2)6-10(12(8)13)11-7-14-3-4-16-11/h5-6,11,14H,3-4,7H2,1-2H3. The van der Waals surface area contributed by atoms with Crippen molar-refractivity contribution in [1.29, 1.82) is 0 Å². The van der Waals surface area contributed by atoms with E-state index >= 15 is 0 Å². The van der Waals surface area contributed by atoms with Gasteiger partial charge in [-0.25, -0.2) is 4.39 Å². The second-order valence-corrected chi connectivity index (χ2v) is 3.91. The van der Waals surface area contributed by atoms with Crippen LogP contribution in [0.5, 0.6) is 5.75 Å². The first-order valence-electron chi connectivity index (χ1n) is 5.38. The highest BCUT2D eigenvalue weighted by atomic mass is 19.1. The van der Waals surface area contributed by atoms with Crippen molar-refractivity contribution in [3.63, 3.8) is 0 Å². The van der Waals surface area contributed by atoms with E-state index in [1.807, 2.05) is 0 Å². The Hall–Kier alpha value is -1.13. The van der Waals surface area contributed by atoms with Crippen molar-refractivity contribution in [2.24, 2.45) is 0 Å². The number of ether oxygens (including phenoxy) is 2. The molecule has 1 saturated heterocycles. The van der Waals surface area contributed by atoms with Gasteiger partial charge in [0, 0.05) is 18.7 Å². The summed E-state index contributed by atoms with van der Waals surface area (Å²) in [4.78, 5) is 0. The summed E-state index contributed by atoms with van der Waals surface area (Å²) in [6, 6.07) is 3.40. The van der Waals surface area contributed by atoms with Gasteiger partial charge in [-0.05, 0) is 24.6 Å². The van der Waals surface area contributed by atoms with Crippen LogP contribution in [0.1, 0.15) is 17.2 Å². The van der Waals surface area contributed by atoms with E-state index in [1.165, 1.54) is 0 Å². The Morgan fingerprint density at radius 1 is 1.50 bits per heavy atom. The number of benzene rings is 1. The van der Waals surface area contributed by atoms with Gasteiger partial charge in [0.15, 0.2) is 0 Å².